The molecule has 1 amide bonds. The van der Waals surface area contributed by atoms with E-state index in [4.69, 9.17) is 4.42 Å². The maximum absolute atomic E-state index is 12.5. The predicted octanol–water partition coefficient (Wildman–Crippen LogP) is 2.18. The van der Waals surface area contributed by atoms with E-state index in [9.17, 15) is 13.2 Å². The van der Waals surface area contributed by atoms with Crippen molar-refractivity contribution in [3.05, 3.63) is 60.1 Å². The molecule has 3 heterocycles. The van der Waals surface area contributed by atoms with Crippen molar-refractivity contribution >= 4 is 27.7 Å². The summed E-state index contributed by atoms with van der Waals surface area (Å²) >= 11 is 0. The maximum Gasteiger partial charge on any atom is 0.246 e. The Hall–Kier alpha value is -2.58. The Kier molecular flexibility index (Phi) is 5.73. The third kappa shape index (κ3) is 4.71. The Morgan fingerprint density at radius 3 is 2.41 bits per heavy atom. The monoisotopic (exact) mass is 415 g/mol. The zero-order chi connectivity index (χ0) is 20.3. The van der Waals surface area contributed by atoms with Crippen LogP contribution in [0.2, 0.25) is 0 Å². The highest BCUT2D eigenvalue weighted by Gasteiger charge is 2.28. The number of anilines is 1. The lowest BCUT2D eigenvalue weighted by atomic mass is 10.2. The molecule has 0 bridgehead atoms. The van der Waals surface area contributed by atoms with Gasteiger partial charge in [0.2, 0.25) is 15.9 Å². The second-order valence-corrected chi connectivity index (χ2v) is 9.36. The molecular formula is C21H25N3O4S. The number of hydrogen-bond donors (Lipinski definition) is 0. The van der Waals surface area contributed by atoms with Gasteiger partial charge < -0.3 is 9.32 Å². The second kappa shape index (κ2) is 8.42. The second-order valence-electron chi connectivity index (χ2n) is 7.35. The Labute approximate surface area is 171 Å². The van der Waals surface area contributed by atoms with Crippen LogP contribution in [0.1, 0.15) is 17.7 Å². The smallest absolute Gasteiger partial charge is 0.246 e. The summed E-state index contributed by atoms with van der Waals surface area (Å²) < 4.78 is 30.8. The topological polar surface area (TPSA) is 74.1 Å². The van der Waals surface area contributed by atoms with Crippen LogP contribution >= 0.6 is 0 Å². The molecule has 0 spiro atoms. The van der Waals surface area contributed by atoms with Gasteiger partial charge in [0, 0.05) is 38.8 Å². The van der Waals surface area contributed by atoms with Gasteiger partial charge in [-0.1, -0.05) is 12.1 Å². The van der Waals surface area contributed by atoms with E-state index in [-0.39, 0.29) is 11.7 Å². The molecule has 7 nitrogen and oxygen atoms in total. The van der Waals surface area contributed by atoms with E-state index in [0.717, 1.165) is 31.0 Å². The third-order valence-corrected chi connectivity index (χ3v) is 7.21. The summed E-state index contributed by atoms with van der Waals surface area (Å²) in [5.41, 5.74) is 1.55. The molecule has 0 saturated carbocycles. The summed E-state index contributed by atoms with van der Waals surface area (Å²) in [6, 6.07) is 11.1. The van der Waals surface area contributed by atoms with Gasteiger partial charge in [-0.25, -0.2) is 8.42 Å². The fourth-order valence-corrected chi connectivity index (χ4v) is 5.27. The predicted molar refractivity (Wildman–Crippen MR) is 112 cm³/mol. The average molecular weight is 416 g/mol. The van der Waals surface area contributed by atoms with Gasteiger partial charge in [0.25, 0.3) is 0 Å². The molecule has 0 radical (unpaired) electrons. The highest BCUT2D eigenvalue weighted by molar-refractivity contribution is 7.93. The standard InChI is InChI=1S/C21H25N3O4S/c25-21(23-13-11-22(12-14-23)17-20-3-1-15-28-20)9-6-18-4-7-19(8-5-18)24-10-2-16-29(24,26)27/h1,3-9,15H,2,10-14,16-17H2/b9-6+. The van der Waals surface area contributed by atoms with Crippen molar-refractivity contribution in [3.8, 4) is 0 Å². The Balaban J connectivity index is 1.29. The van der Waals surface area contributed by atoms with Gasteiger partial charge in [-0.05, 0) is 42.3 Å². The number of amides is 1. The van der Waals surface area contributed by atoms with Crippen LogP contribution in [0, 0.1) is 0 Å². The molecule has 0 N–H and O–H groups in total. The van der Waals surface area contributed by atoms with Crippen molar-refractivity contribution in [3.63, 3.8) is 0 Å². The van der Waals surface area contributed by atoms with E-state index in [1.807, 2.05) is 29.2 Å². The number of carbonyl (C=O) groups is 1. The van der Waals surface area contributed by atoms with E-state index < -0.39 is 10.0 Å². The molecule has 2 aliphatic rings. The summed E-state index contributed by atoms with van der Waals surface area (Å²) in [7, 11) is -3.17. The summed E-state index contributed by atoms with van der Waals surface area (Å²) in [6.45, 7) is 4.32. The number of carbonyl (C=O) groups excluding carboxylic acids is 1. The van der Waals surface area contributed by atoms with Crippen LogP contribution in [0.3, 0.4) is 0 Å². The molecule has 8 heteroatoms. The average Bonchev–Trinajstić information content (AvgIpc) is 3.36. The highest BCUT2D eigenvalue weighted by Crippen LogP contribution is 2.24. The van der Waals surface area contributed by atoms with Crippen LogP contribution in [-0.4, -0.2) is 62.6 Å². The summed E-state index contributed by atoms with van der Waals surface area (Å²) in [6.07, 6.45) is 5.70. The van der Waals surface area contributed by atoms with Gasteiger partial charge in [-0.15, -0.1) is 0 Å². The molecular weight excluding hydrogens is 390 g/mol. The van der Waals surface area contributed by atoms with Gasteiger partial charge in [0.15, 0.2) is 0 Å². The first-order chi connectivity index (χ1) is 14.0. The number of sulfonamides is 1. The normalized spacial score (nSPS) is 19.9. The molecule has 2 aromatic rings. The van der Waals surface area contributed by atoms with Gasteiger partial charge in [-0.3, -0.25) is 14.0 Å². The zero-order valence-electron chi connectivity index (χ0n) is 16.2. The molecule has 2 aliphatic heterocycles. The number of furan rings is 1. The third-order valence-electron chi connectivity index (χ3n) is 5.34. The number of nitrogens with zero attached hydrogens (tertiary/aromatic N) is 3. The quantitative estimate of drug-likeness (QED) is 0.700. The van der Waals surface area contributed by atoms with Crippen LogP contribution < -0.4 is 4.31 Å². The zero-order valence-corrected chi connectivity index (χ0v) is 17.1. The van der Waals surface area contributed by atoms with Crippen molar-refractivity contribution in [2.24, 2.45) is 0 Å². The van der Waals surface area contributed by atoms with Gasteiger partial charge in [0.1, 0.15) is 5.76 Å². The highest BCUT2D eigenvalue weighted by atomic mass is 32.2. The van der Waals surface area contributed by atoms with E-state index in [1.54, 1.807) is 30.5 Å². The maximum atomic E-state index is 12.5. The van der Waals surface area contributed by atoms with Gasteiger partial charge in [0.05, 0.1) is 24.2 Å². The lowest BCUT2D eigenvalue weighted by Gasteiger charge is -2.33. The summed E-state index contributed by atoms with van der Waals surface area (Å²) in [4.78, 5) is 16.6. The lowest BCUT2D eigenvalue weighted by Crippen LogP contribution is -2.47. The Morgan fingerprint density at radius 1 is 1.03 bits per heavy atom. The number of rotatable bonds is 5. The first-order valence-corrected chi connectivity index (χ1v) is 11.4. The van der Waals surface area contributed by atoms with Crippen molar-refractivity contribution in [2.45, 2.75) is 13.0 Å². The van der Waals surface area contributed by atoms with Crippen molar-refractivity contribution < 1.29 is 17.6 Å². The molecule has 0 atom stereocenters. The van der Waals surface area contributed by atoms with Crippen molar-refractivity contribution in [2.75, 3.05) is 42.8 Å². The van der Waals surface area contributed by atoms with Crippen LogP contribution in [-0.2, 0) is 21.4 Å². The number of piperazine rings is 1. The van der Waals surface area contributed by atoms with E-state index in [0.29, 0.717) is 31.7 Å². The minimum atomic E-state index is -3.17. The minimum absolute atomic E-state index is 0.00570. The largest absolute Gasteiger partial charge is 0.468 e. The SMILES string of the molecule is O=C(/C=C/c1ccc(N2CCCS2(=O)=O)cc1)N1CCN(Cc2ccco2)CC1. The fourth-order valence-electron chi connectivity index (χ4n) is 3.70. The Bertz CT molecular complexity index is 960. The first-order valence-electron chi connectivity index (χ1n) is 9.83. The Morgan fingerprint density at radius 2 is 1.79 bits per heavy atom. The molecule has 154 valence electrons. The van der Waals surface area contributed by atoms with E-state index >= 15 is 0 Å². The number of benzene rings is 1. The number of hydrogen-bond acceptors (Lipinski definition) is 5. The molecule has 2 fully saturated rings. The van der Waals surface area contributed by atoms with Crippen LogP contribution in [0.25, 0.3) is 6.08 Å². The summed E-state index contributed by atoms with van der Waals surface area (Å²) in [5, 5.41) is 0. The van der Waals surface area contributed by atoms with Crippen LogP contribution in [0.5, 0.6) is 0 Å². The van der Waals surface area contributed by atoms with Crippen LogP contribution in [0.15, 0.2) is 53.2 Å². The molecule has 4 rings (SSSR count). The lowest BCUT2D eigenvalue weighted by molar-refractivity contribution is -0.127. The fraction of sp³-hybridized carbons (Fsp3) is 0.381. The minimum Gasteiger partial charge on any atom is -0.468 e. The molecule has 0 aliphatic carbocycles. The first kappa shape index (κ1) is 19.7. The molecule has 1 aromatic heterocycles. The molecule has 0 unspecified atom stereocenters. The van der Waals surface area contributed by atoms with Crippen molar-refractivity contribution in [1.82, 2.24) is 9.80 Å². The van der Waals surface area contributed by atoms with E-state index in [2.05, 4.69) is 4.90 Å². The van der Waals surface area contributed by atoms with Crippen LogP contribution in [0.4, 0.5) is 5.69 Å². The summed E-state index contributed by atoms with van der Waals surface area (Å²) in [5.74, 6) is 1.14. The van der Waals surface area contributed by atoms with Crippen molar-refractivity contribution in [1.29, 1.82) is 0 Å². The molecule has 1 aromatic carbocycles. The molecule has 2 saturated heterocycles. The van der Waals surface area contributed by atoms with E-state index in [1.165, 1.54) is 4.31 Å². The molecule has 29 heavy (non-hydrogen) atoms. The van der Waals surface area contributed by atoms with Gasteiger partial charge in [-0.2, -0.15) is 0 Å². The van der Waals surface area contributed by atoms with Gasteiger partial charge >= 0.3 is 0 Å².